The molecule has 2 aliphatic heterocycles. The Labute approximate surface area is 169 Å². The van der Waals surface area contributed by atoms with Gasteiger partial charge in [-0.25, -0.2) is 5.10 Å². The Bertz CT molecular complexity index is 1220. The number of aromatic amines is 1. The molecule has 2 N–H and O–H groups in total. The third-order valence-electron chi connectivity index (χ3n) is 5.76. The first-order chi connectivity index (χ1) is 14.3. The van der Waals surface area contributed by atoms with Crippen molar-refractivity contribution in [3.63, 3.8) is 0 Å². The fourth-order valence-corrected chi connectivity index (χ4v) is 4.31. The van der Waals surface area contributed by atoms with Crippen LogP contribution in [0.25, 0.3) is 10.8 Å². The molecule has 0 unspecified atom stereocenters. The van der Waals surface area contributed by atoms with E-state index in [1.54, 1.807) is 12.1 Å². The molecule has 0 spiro atoms. The summed E-state index contributed by atoms with van der Waals surface area (Å²) in [6.07, 6.45) is -4.40. The number of amidine groups is 1. The number of nitrogens with zero attached hydrogens (tertiary/aromatic N) is 3. The van der Waals surface area contributed by atoms with E-state index in [1.165, 1.54) is 12.1 Å². The van der Waals surface area contributed by atoms with Gasteiger partial charge in [0.05, 0.1) is 35.1 Å². The van der Waals surface area contributed by atoms with Gasteiger partial charge in [-0.15, -0.1) is 0 Å². The second-order valence-corrected chi connectivity index (χ2v) is 7.55. The Hall–Kier alpha value is -3.36. The molecule has 5 rings (SSSR count). The summed E-state index contributed by atoms with van der Waals surface area (Å²) < 4.78 is 39.1. The number of hydrogen-bond donors (Lipinski definition) is 2. The molecule has 1 aromatic heterocycles. The summed E-state index contributed by atoms with van der Waals surface area (Å²) in [6.45, 7) is 1.38. The van der Waals surface area contributed by atoms with Gasteiger partial charge < -0.3 is 10.2 Å². The molecule has 2 aromatic carbocycles. The number of aromatic nitrogens is 2. The molecular weight excluding hydrogens is 395 g/mol. The zero-order chi connectivity index (χ0) is 21.0. The summed E-state index contributed by atoms with van der Waals surface area (Å²) in [5.74, 6) is 0.436. The van der Waals surface area contributed by atoms with Gasteiger partial charge in [0.1, 0.15) is 5.84 Å². The van der Waals surface area contributed by atoms with E-state index in [9.17, 15) is 18.0 Å². The molecule has 0 fully saturated rings. The maximum Gasteiger partial charge on any atom is 0.416 e. The lowest BCUT2D eigenvalue weighted by atomic mass is 9.83. The molecule has 0 saturated carbocycles. The van der Waals surface area contributed by atoms with E-state index >= 15 is 0 Å². The van der Waals surface area contributed by atoms with E-state index in [0.29, 0.717) is 23.2 Å². The summed E-state index contributed by atoms with van der Waals surface area (Å²) in [7, 11) is 1.93. The van der Waals surface area contributed by atoms with Crippen molar-refractivity contribution in [2.24, 2.45) is 4.99 Å². The van der Waals surface area contributed by atoms with E-state index in [2.05, 4.69) is 20.5 Å². The minimum atomic E-state index is -4.40. The summed E-state index contributed by atoms with van der Waals surface area (Å²) in [6, 6.07) is 10.1. The number of hydrogen-bond acceptors (Lipinski definition) is 5. The normalized spacial score (nSPS) is 20.9. The number of rotatable bonds is 2. The lowest BCUT2D eigenvalue weighted by molar-refractivity contribution is -0.137. The van der Waals surface area contributed by atoms with Crippen LogP contribution in [0.4, 0.5) is 18.9 Å². The van der Waals surface area contributed by atoms with Crippen LogP contribution in [-0.4, -0.2) is 41.1 Å². The topological polar surface area (TPSA) is 73.4 Å². The Morgan fingerprint density at radius 1 is 1.13 bits per heavy atom. The molecule has 2 atom stereocenters. The van der Waals surface area contributed by atoms with Gasteiger partial charge in [0.15, 0.2) is 0 Å². The molecule has 9 heteroatoms. The quantitative estimate of drug-likeness (QED) is 0.674. The van der Waals surface area contributed by atoms with Crippen LogP contribution in [0, 0.1) is 0 Å². The van der Waals surface area contributed by atoms with Crippen molar-refractivity contribution >= 4 is 22.3 Å². The van der Waals surface area contributed by atoms with Crippen molar-refractivity contribution in [3.05, 3.63) is 69.6 Å². The minimum Gasteiger partial charge on any atom is -0.377 e. The van der Waals surface area contributed by atoms with Gasteiger partial charge in [-0.3, -0.25) is 9.79 Å². The maximum atomic E-state index is 13.0. The smallest absolute Gasteiger partial charge is 0.377 e. The number of likely N-dealkylation sites (N-methyl/N-ethyl adjacent to an activating group) is 1. The van der Waals surface area contributed by atoms with Crippen LogP contribution < -0.4 is 10.9 Å². The highest BCUT2D eigenvalue weighted by molar-refractivity contribution is 6.02. The molecule has 3 aromatic rings. The van der Waals surface area contributed by atoms with Gasteiger partial charge in [0, 0.05) is 24.7 Å². The van der Waals surface area contributed by atoms with Crippen molar-refractivity contribution in [3.8, 4) is 0 Å². The van der Waals surface area contributed by atoms with Gasteiger partial charge in [0.25, 0.3) is 5.56 Å². The Kier molecular flexibility index (Phi) is 4.09. The first-order valence-electron chi connectivity index (χ1n) is 9.55. The number of halogens is 3. The second-order valence-electron chi connectivity index (χ2n) is 7.55. The highest BCUT2D eigenvalue weighted by atomic mass is 19.4. The first-order valence-corrected chi connectivity index (χ1v) is 9.55. The van der Waals surface area contributed by atoms with Gasteiger partial charge in [0.2, 0.25) is 0 Å². The van der Waals surface area contributed by atoms with E-state index < -0.39 is 11.7 Å². The van der Waals surface area contributed by atoms with Crippen molar-refractivity contribution in [1.29, 1.82) is 0 Å². The SMILES string of the molecule is CN1CCN=C1[C@H]1c2n[nH]c(=O)c3cccc(c23)N[C@@H]1c1ccc(C(F)(F)F)cc1. The Balaban J connectivity index is 1.69. The van der Waals surface area contributed by atoms with Crippen molar-refractivity contribution in [1.82, 2.24) is 15.1 Å². The fourth-order valence-electron chi connectivity index (χ4n) is 4.31. The van der Waals surface area contributed by atoms with Gasteiger partial charge in [-0.1, -0.05) is 18.2 Å². The number of benzene rings is 2. The van der Waals surface area contributed by atoms with Crippen LogP contribution in [-0.2, 0) is 6.18 Å². The van der Waals surface area contributed by atoms with E-state index in [4.69, 9.17) is 0 Å². The van der Waals surface area contributed by atoms with Crippen LogP contribution in [0.1, 0.15) is 28.8 Å². The van der Waals surface area contributed by atoms with Gasteiger partial charge >= 0.3 is 6.18 Å². The number of aliphatic imine (C=N–C) groups is 1. The molecule has 154 valence electrons. The molecule has 0 saturated heterocycles. The molecule has 2 aliphatic rings. The molecule has 0 radical (unpaired) electrons. The summed E-state index contributed by atoms with van der Waals surface area (Å²) in [4.78, 5) is 19.0. The van der Waals surface area contributed by atoms with Crippen LogP contribution in [0.5, 0.6) is 0 Å². The average molecular weight is 413 g/mol. The summed E-state index contributed by atoms with van der Waals surface area (Å²) in [5.41, 5.74) is 1.09. The first kappa shape index (κ1) is 18.7. The van der Waals surface area contributed by atoms with Crippen molar-refractivity contribution in [2.75, 3.05) is 25.5 Å². The molecule has 0 amide bonds. The number of nitrogens with one attached hydrogen (secondary N) is 2. The largest absolute Gasteiger partial charge is 0.416 e. The van der Waals surface area contributed by atoms with E-state index in [1.807, 2.05) is 18.0 Å². The molecule has 0 aliphatic carbocycles. The highest BCUT2D eigenvalue weighted by Crippen LogP contribution is 2.45. The lowest BCUT2D eigenvalue weighted by Gasteiger charge is -2.36. The average Bonchev–Trinajstić information content (AvgIpc) is 3.15. The number of H-pyrrole nitrogens is 1. The number of alkyl halides is 3. The predicted octanol–water partition coefficient (Wildman–Crippen LogP) is 3.54. The van der Waals surface area contributed by atoms with Crippen LogP contribution in [0.2, 0.25) is 0 Å². The monoisotopic (exact) mass is 413 g/mol. The van der Waals surface area contributed by atoms with E-state index in [-0.39, 0.29) is 17.5 Å². The Morgan fingerprint density at radius 2 is 1.90 bits per heavy atom. The summed E-state index contributed by atoms with van der Waals surface area (Å²) in [5, 5.41) is 11.6. The third-order valence-corrected chi connectivity index (χ3v) is 5.76. The second kappa shape index (κ2) is 6.58. The molecule has 6 nitrogen and oxygen atoms in total. The van der Waals surface area contributed by atoms with Crippen molar-refractivity contribution < 1.29 is 13.2 Å². The predicted molar refractivity (Wildman–Crippen MR) is 108 cm³/mol. The van der Waals surface area contributed by atoms with Gasteiger partial charge in [-0.2, -0.15) is 18.3 Å². The highest BCUT2D eigenvalue weighted by Gasteiger charge is 2.40. The van der Waals surface area contributed by atoms with Crippen LogP contribution in [0.3, 0.4) is 0 Å². The zero-order valence-electron chi connectivity index (χ0n) is 16.0. The lowest BCUT2D eigenvalue weighted by Crippen LogP contribution is -2.37. The zero-order valence-corrected chi connectivity index (χ0v) is 16.0. The van der Waals surface area contributed by atoms with E-state index in [0.717, 1.165) is 35.6 Å². The molecular formula is C21H18F3N5O. The standard InChI is InChI=1S/C21H18F3N5O/c1-29-10-9-25-19(29)16-17(11-5-7-12(8-6-11)21(22,23)24)26-14-4-2-3-13-15(14)18(16)27-28-20(13)30/h2-8,16-17,26H,9-10H2,1H3,(H,28,30)/t16-,17-/m1/s1. The number of anilines is 1. The fraction of sp³-hybridized carbons (Fsp3) is 0.286. The molecule has 3 heterocycles. The molecule has 30 heavy (non-hydrogen) atoms. The summed E-state index contributed by atoms with van der Waals surface area (Å²) >= 11 is 0. The van der Waals surface area contributed by atoms with Crippen LogP contribution in [0.15, 0.2) is 52.3 Å². The van der Waals surface area contributed by atoms with Crippen molar-refractivity contribution in [2.45, 2.75) is 18.1 Å². The minimum absolute atomic E-state index is 0.286. The Morgan fingerprint density at radius 3 is 2.57 bits per heavy atom. The maximum absolute atomic E-state index is 13.0. The molecule has 0 bridgehead atoms. The van der Waals surface area contributed by atoms with Crippen LogP contribution >= 0.6 is 0 Å². The van der Waals surface area contributed by atoms with Gasteiger partial charge in [-0.05, 0) is 29.8 Å². The third kappa shape index (κ3) is 2.84.